The fraction of sp³-hybridized carbons (Fsp3) is 0. The minimum absolute atomic E-state index is 0.157. The first kappa shape index (κ1) is 16.9. The predicted molar refractivity (Wildman–Crippen MR) is 106 cm³/mol. The van der Waals surface area contributed by atoms with Gasteiger partial charge in [-0.05, 0) is 34.9 Å². The lowest BCUT2D eigenvalue weighted by Gasteiger charge is -2.06. The van der Waals surface area contributed by atoms with E-state index >= 15 is 0 Å². The van der Waals surface area contributed by atoms with E-state index in [0.717, 1.165) is 22.3 Å². The molecule has 1 aromatic heterocycles. The lowest BCUT2D eigenvalue weighted by Crippen LogP contribution is -1.97. The van der Waals surface area contributed by atoms with Crippen molar-refractivity contribution in [2.75, 3.05) is 0 Å². The van der Waals surface area contributed by atoms with Gasteiger partial charge in [-0.15, -0.1) is 0 Å². The van der Waals surface area contributed by atoms with E-state index in [1.807, 2.05) is 72.8 Å². The summed E-state index contributed by atoms with van der Waals surface area (Å²) in [6.07, 6.45) is 0. The first-order valence-corrected chi connectivity index (χ1v) is 8.69. The van der Waals surface area contributed by atoms with Crippen LogP contribution >= 0.6 is 11.6 Å². The molecular weight excluding hydrogens is 356 g/mol. The summed E-state index contributed by atoms with van der Waals surface area (Å²) in [6.45, 7) is 0. The van der Waals surface area contributed by atoms with Gasteiger partial charge in [0.1, 0.15) is 0 Å². The van der Waals surface area contributed by atoms with Crippen molar-refractivity contribution in [3.8, 4) is 40.0 Å². The van der Waals surface area contributed by atoms with E-state index in [9.17, 15) is 0 Å². The summed E-state index contributed by atoms with van der Waals surface area (Å²) in [5.74, 6) is 1.06. The maximum atomic E-state index is 9.06. The average Bonchev–Trinajstić information content (AvgIpc) is 2.74. The molecule has 0 amide bonds. The maximum Gasteiger partial charge on any atom is 0.226 e. The molecule has 5 heteroatoms. The molecule has 0 aliphatic carbocycles. The maximum absolute atomic E-state index is 9.06. The third-order valence-electron chi connectivity index (χ3n) is 4.11. The van der Waals surface area contributed by atoms with Crippen molar-refractivity contribution in [1.29, 1.82) is 5.26 Å². The molecule has 0 bridgehead atoms. The van der Waals surface area contributed by atoms with Crippen LogP contribution < -0.4 is 0 Å². The molecule has 0 fully saturated rings. The number of aromatic nitrogens is 3. The van der Waals surface area contributed by atoms with Crippen molar-refractivity contribution in [2.24, 2.45) is 0 Å². The van der Waals surface area contributed by atoms with E-state index in [1.54, 1.807) is 6.07 Å². The predicted octanol–water partition coefficient (Wildman–Crippen LogP) is 5.40. The smallest absolute Gasteiger partial charge is 0.208 e. The van der Waals surface area contributed by atoms with Gasteiger partial charge < -0.3 is 0 Å². The molecule has 3 aromatic carbocycles. The molecule has 0 saturated carbocycles. The Morgan fingerprint density at radius 3 is 1.89 bits per heavy atom. The second-order valence-electron chi connectivity index (χ2n) is 5.89. The van der Waals surface area contributed by atoms with E-state index in [-0.39, 0.29) is 5.28 Å². The van der Waals surface area contributed by atoms with Crippen LogP contribution in [0.2, 0.25) is 5.28 Å². The summed E-state index contributed by atoms with van der Waals surface area (Å²) in [4.78, 5) is 13.0. The third kappa shape index (κ3) is 3.69. The molecule has 0 spiro atoms. The Kier molecular flexibility index (Phi) is 4.61. The van der Waals surface area contributed by atoms with Crippen LogP contribution in [0.4, 0.5) is 0 Å². The monoisotopic (exact) mass is 368 g/mol. The Morgan fingerprint density at radius 1 is 0.630 bits per heavy atom. The highest BCUT2D eigenvalue weighted by Gasteiger charge is 2.09. The standard InChI is InChI=1S/C22H13ClN4/c23-22-26-20(17-6-2-1-3-7-17)25-21(27-22)18-11-9-16(10-12-18)19-8-4-5-15(13-19)14-24/h1-13H. The summed E-state index contributed by atoms with van der Waals surface area (Å²) in [7, 11) is 0. The van der Waals surface area contributed by atoms with Gasteiger partial charge in [-0.25, -0.2) is 4.98 Å². The second kappa shape index (κ2) is 7.36. The fourth-order valence-corrected chi connectivity index (χ4v) is 2.94. The highest BCUT2D eigenvalue weighted by atomic mass is 35.5. The number of hydrogen-bond acceptors (Lipinski definition) is 4. The zero-order valence-electron chi connectivity index (χ0n) is 14.2. The first-order valence-electron chi connectivity index (χ1n) is 8.31. The minimum atomic E-state index is 0.157. The van der Waals surface area contributed by atoms with E-state index in [1.165, 1.54) is 0 Å². The second-order valence-corrected chi connectivity index (χ2v) is 6.23. The summed E-state index contributed by atoms with van der Waals surface area (Å²) in [6, 6.07) is 27.2. The topological polar surface area (TPSA) is 62.5 Å². The number of benzene rings is 3. The van der Waals surface area contributed by atoms with Crippen LogP contribution in [0, 0.1) is 11.3 Å². The molecule has 0 aliphatic rings. The number of nitrogens with zero attached hydrogens (tertiary/aromatic N) is 4. The van der Waals surface area contributed by atoms with E-state index in [2.05, 4.69) is 21.0 Å². The Labute approximate surface area is 161 Å². The van der Waals surface area contributed by atoms with Crippen molar-refractivity contribution in [2.45, 2.75) is 0 Å². The molecule has 0 aliphatic heterocycles. The Bertz CT molecular complexity index is 1130. The normalized spacial score (nSPS) is 10.4. The van der Waals surface area contributed by atoms with E-state index in [4.69, 9.17) is 16.9 Å². The van der Waals surface area contributed by atoms with Gasteiger partial charge >= 0.3 is 0 Å². The molecule has 27 heavy (non-hydrogen) atoms. The Morgan fingerprint density at radius 2 is 1.22 bits per heavy atom. The van der Waals surface area contributed by atoms with Crippen LogP contribution in [0.5, 0.6) is 0 Å². The summed E-state index contributed by atoms with van der Waals surface area (Å²) >= 11 is 6.12. The number of halogens is 1. The lowest BCUT2D eigenvalue weighted by atomic mass is 10.0. The van der Waals surface area contributed by atoms with Crippen LogP contribution in [0.25, 0.3) is 33.9 Å². The van der Waals surface area contributed by atoms with Crippen molar-refractivity contribution in [1.82, 2.24) is 15.0 Å². The Balaban J connectivity index is 1.70. The molecule has 1 heterocycles. The quantitative estimate of drug-likeness (QED) is 0.486. The van der Waals surface area contributed by atoms with Crippen LogP contribution in [-0.2, 0) is 0 Å². The molecule has 4 rings (SSSR count). The van der Waals surface area contributed by atoms with Gasteiger partial charge in [-0.1, -0.05) is 66.7 Å². The molecule has 0 unspecified atom stereocenters. The van der Waals surface area contributed by atoms with Gasteiger partial charge in [-0.3, -0.25) is 0 Å². The van der Waals surface area contributed by atoms with Gasteiger partial charge in [0.2, 0.25) is 5.28 Å². The van der Waals surface area contributed by atoms with Crippen LogP contribution in [-0.4, -0.2) is 15.0 Å². The Hall–Kier alpha value is -3.55. The number of nitriles is 1. The van der Waals surface area contributed by atoms with Gasteiger partial charge in [-0.2, -0.15) is 15.2 Å². The minimum Gasteiger partial charge on any atom is -0.208 e. The molecule has 0 radical (unpaired) electrons. The van der Waals surface area contributed by atoms with Gasteiger partial charge in [0, 0.05) is 11.1 Å². The number of rotatable bonds is 3. The highest BCUT2D eigenvalue weighted by molar-refractivity contribution is 6.28. The molecular formula is C22H13ClN4. The molecule has 128 valence electrons. The molecule has 4 aromatic rings. The molecule has 0 atom stereocenters. The van der Waals surface area contributed by atoms with Gasteiger partial charge in [0.25, 0.3) is 0 Å². The molecule has 4 nitrogen and oxygen atoms in total. The van der Waals surface area contributed by atoms with Crippen LogP contribution in [0.15, 0.2) is 78.9 Å². The van der Waals surface area contributed by atoms with Crippen molar-refractivity contribution in [3.63, 3.8) is 0 Å². The third-order valence-corrected chi connectivity index (χ3v) is 4.28. The lowest BCUT2D eigenvalue weighted by molar-refractivity contribution is 1.07. The summed E-state index contributed by atoms with van der Waals surface area (Å²) < 4.78 is 0. The zero-order chi connectivity index (χ0) is 18.6. The van der Waals surface area contributed by atoms with Crippen molar-refractivity contribution >= 4 is 11.6 Å². The van der Waals surface area contributed by atoms with Crippen molar-refractivity contribution in [3.05, 3.63) is 89.7 Å². The largest absolute Gasteiger partial charge is 0.226 e. The SMILES string of the molecule is N#Cc1cccc(-c2ccc(-c3nc(Cl)nc(-c4ccccc4)n3)cc2)c1. The average molecular weight is 369 g/mol. The zero-order valence-corrected chi connectivity index (χ0v) is 14.9. The van der Waals surface area contributed by atoms with E-state index in [0.29, 0.717) is 17.2 Å². The first-order chi connectivity index (χ1) is 13.2. The fourth-order valence-electron chi connectivity index (χ4n) is 2.78. The van der Waals surface area contributed by atoms with E-state index < -0.39 is 0 Å². The van der Waals surface area contributed by atoms with Gasteiger partial charge in [0.15, 0.2) is 11.6 Å². The summed E-state index contributed by atoms with van der Waals surface area (Å²) in [5.41, 5.74) is 4.36. The molecule has 0 saturated heterocycles. The van der Waals surface area contributed by atoms with Crippen LogP contribution in [0.3, 0.4) is 0 Å². The van der Waals surface area contributed by atoms with Crippen molar-refractivity contribution < 1.29 is 0 Å². The number of hydrogen-bond donors (Lipinski definition) is 0. The van der Waals surface area contributed by atoms with Gasteiger partial charge in [0.05, 0.1) is 11.6 Å². The highest BCUT2D eigenvalue weighted by Crippen LogP contribution is 2.25. The molecule has 0 N–H and O–H groups in total. The van der Waals surface area contributed by atoms with Crippen LogP contribution in [0.1, 0.15) is 5.56 Å². The summed E-state index contributed by atoms with van der Waals surface area (Å²) in [5, 5.41) is 9.22.